The van der Waals surface area contributed by atoms with Gasteiger partial charge in [-0.3, -0.25) is 0 Å². The molecule has 0 amide bonds. The van der Waals surface area contributed by atoms with Crippen LogP contribution in [0.25, 0.3) is 10.8 Å². The maximum atomic E-state index is 14.8. The molecule has 0 saturated heterocycles. The van der Waals surface area contributed by atoms with Crippen molar-refractivity contribution in [2.24, 2.45) is 17.8 Å². The summed E-state index contributed by atoms with van der Waals surface area (Å²) in [5.41, 5.74) is 0.706. The van der Waals surface area contributed by atoms with Gasteiger partial charge in [0.25, 0.3) is 0 Å². The Morgan fingerprint density at radius 3 is 2.46 bits per heavy atom. The Morgan fingerprint density at radius 1 is 0.923 bits per heavy atom. The second-order valence-corrected chi connectivity index (χ2v) is 8.32. The van der Waals surface area contributed by atoms with Crippen LogP contribution in [0.2, 0.25) is 0 Å². The Bertz CT molecular complexity index is 800. The topological polar surface area (TPSA) is 9.23 Å². The van der Waals surface area contributed by atoms with Crippen LogP contribution >= 0.6 is 0 Å². The number of benzene rings is 2. The van der Waals surface area contributed by atoms with Gasteiger partial charge in [-0.25, -0.2) is 8.78 Å². The van der Waals surface area contributed by atoms with E-state index in [9.17, 15) is 8.78 Å². The molecular weight excluding hydrogens is 330 g/mol. The largest absolute Gasteiger partial charge is 0.497 e. The fourth-order valence-electron chi connectivity index (χ4n) is 5.40. The van der Waals surface area contributed by atoms with Gasteiger partial charge in [0.2, 0.25) is 0 Å². The van der Waals surface area contributed by atoms with Crippen molar-refractivity contribution in [3.63, 3.8) is 0 Å². The summed E-state index contributed by atoms with van der Waals surface area (Å²) in [4.78, 5) is 0. The lowest BCUT2D eigenvalue weighted by molar-refractivity contribution is 0.115. The summed E-state index contributed by atoms with van der Waals surface area (Å²) >= 11 is 0. The molecule has 0 aliphatic heterocycles. The van der Waals surface area contributed by atoms with Crippen LogP contribution < -0.4 is 4.74 Å². The molecule has 3 heteroatoms. The van der Waals surface area contributed by atoms with E-state index in [-0.39, 0.29) is 17.6 Å². The molecule has 2 aromatic rings. The van der Waals surface area contributed by atoms with E-state index in [4.69, 9.17) is 4.74 Å². The number of halogens is 2. The lowest BCUT2D eigenvalue weighted by atomic mass is 9.63. The zero-order valence-corrected chi connectivity index (χ0v) is 15.7. The zero-order chi connectivity index (χ0) is 18.3. The minimum Gasteiger partial charge on any atom is -0.497 e. The molecular formula is C23H28F2O. The van der Waals surface area contributed by atoms with Gasteiger partial charge in [0.1, 0.15) is 17.4 Å². The van der Waals surface area contributed by atoms with E-state index in [1.54, 1.807) is 12.1 Å². The molecule has 2 aliphatic rings. The Morgan fingerprint density at radius 2 is 1.69 bits per heavy atom. The van der Waals surface area contributed by atoms with E-state index in [2.05, 4.69) is 6.92 Å². The predicted octanol–water partition coefficient (Wildman–Crippen LogP) is 6.84. The molecule has 0 radical (unpaired) electrons. The van der Waals surface area contributed by atoms with Crippen molar-refractivity contribution in [3.05, 3.63) is 41.5 Å². The summed E-state index contributed by atoms with van der Waals surface area (Å²) in [6.45, 7) is 2.30. The van der Waals surface area contributed by atoms with Gasteiger partial charge in [-0.05, 0) is 84.9 Å². The van der Waals surface area contributed by atoms with E-state index in [1.165, 1.54) is 51.3 Å². The summed E-state index contributed by atoms with van der Waals surface area (Å²) in [5, 5.41) is 1.07. The van der Waals surface area contributed by atoms with Crippen molar-refractivity contribution in [1.82, 2.24) is 0 Å². The van der Waals surface area contributed by atoms with E-state index in [1.807, 2.05) is 0 Å². The minimum atomic E-state index is -0.335. The van der Waals surface area contributed by atoms with Crippen LogP contribution in [0.3, 0.4) is 0 Å². The summed E-state index contributed by atoms with van der Waals surface area (Å²) < 4.78 is 34.4. The predicted molar refractivity (Wildman–Crippen MR) is 102 cm³/mol. The minimum absolute atomic E-state index is 0.198. The standard InChI is InChI=1S/C23H28F2O/c1-3-14-4-5-16-9-17(7-6-15(16)8-14)20-13-21-18(11-22(20)24)10-19(26-2)12-23(21)25/h10-17H,3-9H2,1-2H3. The third kappa shape index (κ3) is 3.21. The summed E-state index contributed by atoms with van der Waals surface area (Å²) in [5.74, 6) is 2.53. The third-order valence-electron chi connectivity index (χ3n) is 6.97. The van der Waals surface area contributed by atoms with E-state index >= 15 is 0 Å². The van der Waals surface area contributed by atoms with Gasteiger partial charge < -0.3 is 4.74 Å². The van der Waals surface area contributed by atoms with E-state index in [0.717, 1.165) is 24.7 Å². The van der Waals surface area contributed by atoms with Crippen LogP contribution in [-0.4, -0.2) is 7.11 Å². The van der Waals surface area contributed by atoms with Crippen molar-refractivity contribution < 1.29 is 13.5 Å². The lowest BCUT2D eigenvalue weighted by Gasteiger charge is -2.42. The highest BCUT2D eigenvalue weighted by atomic mass is 19.1. The van der Waals surface area contributed by atoms with E-state index in [0.29, 0.717) is 28.0 Å². The smallest absolute Gasteiger partial charge is 0.134 e. The SMILES string of the molecule is CCC1CCC2CC(c3cc4c(F)cc(OC)cc4cc3F)CCC2C1. The number of hydrogen-bond acceptors (Lipinski definition) is 1. The maximum absolute atomic E-state index is 14.8. The van der Waals surface area contributed by atoms with Gasteiger partial charge in [-0.15, -0.1) is 0 Å². The molecule has 2 aromatic carbocycles. The molecule has 0 spiro atoms. The summed E-state index contributed by atoms with van der Waals surface area (Å²) in [6.07, 6.45) is 8.50. The normalized spacial score (nSPS) is 28.8. The molecule has 2 fully saturated rings. The first kappa shape index (κ1) is 17.8. The Kier molecular flexibility index (Phi) is 4.90. The van der Waals surface area contributed by atoms with Crippen molar-refractivity contribution in [1.29, 1.82) is 0 Å². The van der Waals surface area contributed by atoms with Gasteiger partial charge in [0.05, 0.1) is 7.11 Å². The number of fused-ring (bicyclic) bond motifs is 2. The monoisotopic (exact) mass is 358 g/mol. The highest BCUT2D eigenvalue weighted by Crippen LogP contribution is 2.48. The number of rotatable bonds is 3. The first-order valence-corrected chi connectivity index (χ1v) is 10.1. The molecule has 1 nitrogen and oxygen atoms in total. The van der Waals surface area contributed by atoms with Crippen molar-refractivity contribution >= 4 is 10.8 Å². The molecule has 4 atom stereocenters. The molecule has 0 N–H and O–H groups in total. The molecule has 0 heterocycles. The van der Waals surface area contributed by atoms with Gasteiger partial charge in [-0.1, -0.05) is 19.8 Å². The van der Waals surface area contributed by atoms with Crippen molar-refractivity contribution in [2.45, 2.75) is 57.8 Å². The maximum Gasteiger partial charge on any atom is 0.134 e. The van der Waals surface area contributed by atoms with Crippen LogP contribution in [0.15, 0.2) is 24.3 Å². The molecule has 4 rings (SSSR count). The van der Waals surface area contributed by atoms with Crippen LogP contribution in [0.1, 0.15) is 63.4 Å². The van der Waals surface area contributed by atoms with Crippen LogP contribution in [0, 0.1) is 29.4 Å². The Hall–Kier alpha value is -1.64. The Balaban J connectivity index is 1.61. The summed E-state index contributed by atoms with van der Waals surface area (Å²) in [6, 6.07) is 6.32. The molecule has 4 unspecified atom stereocenters. The average Bonchev–Trinajstić information content (AvgIpc) is 2.66. The highest BCUT2D eigenvalue weighted by molar-refractivity contribution is 5.85. The average molecular weight is 358 g/mol. The quantitative estimate of drug-likeness (QED) is 0.584. The Labute approximate surface area is 154 Å². The first-order chi connectivity index (χ1) is 12.6. The molecule has 0 bridgehead atoms. The second-order valence-electron chi connectivity index (χ2n) is 8.32. The van der Waals surface area contributed by atoms with Gasteiger partial charge in [0, 0.05) is 11.5 Å². The lowest BCUT2D eigenvalue weighted by Crippen LogP contribution is -2.30. The van der Waals surface area contributed by atoms with Crippen LogP contribution in [0.5, 0.6) is 5.75 Å². The number of hydrogen-bond donors (Lipinski definition) is 0. The second kappa shape index (κ2) is 7.17. The van der Waals surface area contributed by atoms with Gasteiger partial charge >= 0.3 is 0 Å². The van der Waals surface area contributed by atoms with E-state index < -0.39 is 0 Å². The highest BCUT2D eigenvalue weighted by Gasteiger charge is 2.36. The fraction of sp³-hybridized carbons (Fsp3) is 0.565. The fourth-order valence-corrected chi connectivity index (χ4v) is 5.40. The van der Waals surface area contributed by atoms with Crippen molar-refractivity contribution in [2.75, 3.05) is 7.11 Å². The molecule has 2 aliphatic carbocycles. The van der Waals surface area contributed by atoms with Crippen LogP contribution in [-0.2, 0) is 0 Å². The molecule has 0 aromatic heterocycles. The zero-order valence-electron chi connectivity index (χ0n) is 15.7. The van der Waals surface area contributed by atoms with Crippen LogP contribution in [0.4, 0.5) is 8.78 Å². The number of methoxy groups -OCH3 is 1. The number of ether oxygens (including phenoxy) is 1. The van der Waals surface area contributed by atoms with Crippen molar-refractivity contribution in [3.8, 4) is 5.75 Å². The summed E-state index contributed by atoms with van der Waals surface area (Å²) in [7, 11) is 1.50. The molecule has 140 valence electrons. The molecule has 26 heavy (non-hydrogen) atoms. The van der Waals surface area contributed by atoms with Gasteiger partial charge in [-0.2, -0.15) is 0 Å². The first-order valence-electron chi connectivity index (χ1n) is 10.1. The molecule has 2 saturated carbocycles. The third-order valence-corrected chi connectivity index (χ3v) is 6.97. The van der Waals surface area contributed by atoms with Gasteiger partial charge in [0.15, 0.2) is 0 Å².